The first-order valence-electron chi connectivity index (χ1n) is 9.22. The minimum absolute atomic E-state index is 0.00687. The van der Waals surface area contributed by atoms with Crippen LogP contribution in [-0.4, -0.2) is 49.3 Å². The monoisotopic (exact) mass is 387 g/mol. The zero-order valence-electron chi connectivity index (χ0n) is 16.4. The van der Waals surface area contributed by atoms with Gasteiger partial charge in [0.15, 0.2) is 5.96 Å². The molecule has 0 radical (unpaired) electrons. The SMILES string of the molecule is CN=C(NCc1cc(OC)ccc1O)N1CC(C)OC(c2ccc(F)cc2)C1. The molecule has 2 unspecified atom stereocenters. The van der Waals surface area contributed by atoms with Crippen LogP contribution in [0.4, 0.5) is 4.39 Å². The van der Waals surface area contributed by atoms with Gasteiger partial charge in [-0.3, -0.25) is 4.99 Å². The fourth-order valence-electron chi connectivity index (χ4n) is 3.32. The van der Waals surface area contributed by atoms with Crippen LogP contribution in [0.2, 0.25) is 0 Å². The Bertz CT molecular complexity index is 826. The number of rotatable bonds is 4. The van der Waals surface area contributed by atoms with E-state index < -0.39 is 0 Å². The number of phenols is 1. The molecule has 0 aliphatic carbocycles. The number of halogens is 1. The number of morpholine rings is 1. The van der Waals surface area contributed by atoms with E-state index in [1.807, 2.05) is 6.92 Å². The molecule has 1 heterocycles. The van der Waals surface area contributed by atoms with Gasteiger partial charge < -0.3 is 24.8 Å². The number of nitrogens with one attached hydrogen (secondary N) is 1. The van der Waals surface area contributed by atoms with E-state index in [0.717, 1.165) is 11.1 Å². The second kappa shape index (κ2) is 8.93. The Labute approximate surface area is 164 Å². The third-order valence-corrected chi connectivity index (χ3v) is 4.74. The molecule has 1 saturated heterocycles. The number of ether oxygens (including phenoxy) is 2. The predicted molar refractivity (Wildman–Crippen MR) is 106 cm³/mol. The summed E-state index contributed by atoms with van der Waals surface area (Å²) in [5.74, 6) is 1.33. The van der Waals surface area contributed by atoms with E-state index in [1.165, 1.54) is 12.1 Å². The lowest BCUT2D eigenvalue weighted by Gasteiger charge is -2.38. The zero-order valence-corrected chi connectivity index (χ0v) is 16.4. The van der Waals surface area contributed by atoms with Gasteiger partial charge in [0.05, 0.1) is 19.8 Å². The summed E-state index contributed by atoms with van der Waals surface area (Å²) in [5, 5.41) is 13.4. The van der Waals surface area contributed by atoms with Gasteiger partial charge in [0, 0.05) is 25.7 Å². The summed E-state index contributed by atoms with van der Waals surface area (Å²) in [7, 11) is 3.31. The number of aliphatic imine (C=N–C) groups is 1. The summed E-state index contributed by atoms with van der Waals surface area (Å²) in [4.78, 5) is 6.49. The number of aromatic hydroxyl groups is 1. The number of hydrogen-bond acceptors (Lipinski definition) is 4. The van der Waals surface area contributed by atoms with Crippen molar-refractivity contribution < 1.29 is 19.0 Å². The lowest BCUT2D eigenvalue weighted by Crippen LogP contribution is -2.50. The molecule has 1 fully saturated rings. The highest BCUT2D eigenvalue weighted by Crippen LogP contribution is 2.26. The smallest absolute Gasteiger partial charge is 0.194 e. The van der Waals surface area contributed by atoms with Crippen molar-refractivity contribution in [3.63, 3.8) is 0 Å². The van der Waals surface area contributed by atoms with Gasteiger partial charge >= 0.3 is 0 Å². The van der Waals surface area contributed by atoms with E-state index >= 15 is 0 Å². The van der Waals surface area contributed by atoms with Crippen molar-refractivity contribution in [2.45, 2.75) is 25.7 Å². The quantitative estimate of drug-likeness (QED) is 0.624. The van der Waals surface area contributed by atoms with E-state index in [-0.39, 0.29) is 23.8 Å². The minimum Gasteiger partial charge on any atom is -0.508 e. The largest absolute Gasteiger partial charge is 0.508 e. The van der Waals surface area contributed by atoms with Gasteiger partial charge in [-0.15, -0.1) is 0 Å². The Hall–Kier alpha value is -2.80. The van der Waals surface area contributed by atoms with Gasteiger partial charge in [-0.05, 0) is 42.8 Å². The maximum absolute atomic E-state index is 13.2. The van der Waals surface area contributed by atoms with E-state index in [0.29, 0.717) is 31.3 Å². The molecule has 2 N–H and O–H groups in total. The predicted octanol–water partition coefficient (Wildman–Crippen LogP) is 3.08. The number of benzene rings is 2. The topological polar surface area (TPSA) is 66.3 Å². The van der Waals surface area contributed by atoms with Crippen molar-refractivity contribution in [3.05, 3.63) is 59.4 Å². The third kappa shape index (κ3) is 4.72. The standard InChI is InChI=1S/C21H26FN3O3/c1-14-12-25(13-20(28-14)15-4-6-17(22)7-5-15)21(23-2)24-11-16-10-18(27-3)8-9-19(16)26/h4-10,14,20,26H,11-13H2,1-3H3,(H,23,24). The van der Waals surface area contributed by atoms with Crippen LogP contribution in [0.15, 0.2) is 47.5 Å². The normalized spacial score (nSPS) is 20.1. The van der Waals surface area contributed by atoms with Crippen molar-refractivity contribution in [2.24, 2.45) is 4.99 Å². The first-order chi connectivity index (χ1) is 13.5. The van der Waals surface area contributed by atoms with Crippen LogP contribution in [0, 0.1) is 5.82 Å². The Kier molecular flexibility index (Phi) is 6.36. The Morgan fingerprint density at radius 3 is 2.71 bits per heavy atom. The average molecular weight is 387 g/mol. The van der Waals surface area contributed by atoms with Gasteiger partial charge in [-0.25, -0.2) is 4.39 Å². The molecule has 0 saturated carbocycles. The molecule has 0 aromatic heterocycles. The van der Waals surface area contributed by atoms with Crippen LogP contribution >= 0.6 is 0 Å². The van der Waals surface area contributed by atoms with Crippen LogP contribution < -0.4 is 10.1 Å². The highest BCUT2D eigenvalue weighted by atomic mass is 19.1. The lowest BCUT2D eigenvalue weighted by atomic mass is 10.1. The summed E-state index contributed by atoms with van der Waals surface area (Å²) < 4.78 is 24.5. The van der Waals surface area contributed by atoms with Crippen molar-refractivity contribution in [1.82, 2.24) is 10.2 Å². The van der Waals surface area contributed by atoms with Crippen LogP contribution in [-0.2, 0) is 11.3 Å². The Morgan fingerprint density at radius 2 is 2.04 bits per heavy atom. The molecule has 6 nitrogen and oxygen atoms in total. The molecular formula is C21H26FN3O3. The maximum atomic E-state index is 13.2. The fourth-order valence-corrected chi connectivity index (χ4v) is 3.32. The number of guanidine groups is 1. The summed E-state index contributed by atoms with van der Waals surface area (Å²) in [5.41, 5.74) is 1.65. The van der Waals surface area contributed by atoms with Crippen LogP contribution in [0.3, 0.4) is 0 Å². The van der Waals surface area contributed by atoms with Gasteiger partial charge in [0.25, 0.3) is 0 Å². The number of nitrogens with zero attached hydrogens (tertiary/aromatic N) is 2. The fraction of sp³-hybridized carbons (Fsp3) is 0.381. The minimum atomic E-state index is -0.264. The lowest BCUT2D eigenvalue weighted by molar-refractivity contribution is -0.0605. The highest BCUT2D eigenvalue weighted by molar-refractivity contribution is 5.80. The third-order valence-electron chi connectivity index (χ3n) is 4.74. The average Bonchev–Trinajstić information content (AvgIpc) is 2.70. The molecule has 2 aromatic carbocycles. The molecule has 28 heavy (non-hydrogen) atoms. The second-order valence-electron chi connectivity index (χ2n) is 6.79. The Balaban J connectivity index is 1.70. The highest BCUT2D eigenvalue weighted by Gasteiger charge is 2.28. The van der Waals surface area contributed by atoms with Crippen LogP contribution in [0.5, 0.6) is 11.5 Å². The molecule has 3 rings (SSSR count). The molecule has 7 heteroatoms. The van der Waals surface area contributed by atoms with Crippen molar-refractivity contribution >= 4 is 5.96 Å². The van der Waals surface area contributed by atoms with Gasteiger partial charge in [0.1, 0.15) is 23.4 Å². The van der Waals surface area contributed by atoms with Crippen molar-refractivity contribution in [3.8, 4) is 11.5 Å². The molecule has 2 atom stereocenters. The van der Waals surface area contributed by atoms with E-state index in [4.69, 9.17) is 9.47 Å². The molecule has 1 aliphatic rings. The van der Waals surface area contributed by atoms with Crippen LogP contribution in [0.25, 0.3) is 0 Å². The maximum Gasteiger partial charge on any atom is 0.194 e. The number of phenolic OH excluding ortho intramolecular Hbond substituents is 1. The molecule has 0 amide bonds. The van der Waals surface area contributed by atoms with Crippen molar-refractivity contribution in [2.75, 3.05) is 27.2 Å². The Morgan fingerprint density at radius 1 is 1.29 bits per heavy atom. The van der Waals surface area contributed by atoms with E-state index in [2.05, 4.69) is 15.2 Å². The summed E-state index contributed by atoms with van der Waals surface area (Å²) in [6.45, 7) is 3.69. The zero-order chi connectivity index (χ0) is 20.1. The van der Waals surface area contributed by atoms with Gasteiger partial charge in [-0.2, -0.15) is 0 Å². The summed E-state index contributed by atoms with van der Waals surface area (Å²) >= 11 is 0. The molecule has 1 aliphatic heterocycles. The van der Waals surface area contributed by atoms with E-state index in [9.17, 15) is 9.50 Å². The van der Waals surface area contributed by atoms with Gasteiger partial charge in [0.2, 0.25) is 0 Å². The number of methoxy groups -OCH3 is 1. The molecule has 150 valence electrons. The molecular weight excluding hydrogens is 361 g/mol. The van der Waals surface area contributed by atoms with Crippen LogP contribution in [0.1, 0.15) is 24.2 Å². The van der Waals surface area contributed by atoms with E-state index in [1.54, 1.807) is 44.5 Å². The van der Waals surface area contributed by atoms with Crippen molar-refractivity contribution in [1.29, 1.82) is 0 Å². The molecule has 0 spiro atoms. The first kappa shape index (κ1) is 19.9. The number of hydrogen-bond donors (Lipinski definition) is 2. The second-order valence-corrected chi connectivity index (χ2v) is 6.79. The molecule has 2 aromatic rings. The summed E-state index contributed by atoms with van der Waals surface area (Å²) in [6, 6.07) is 11.5. The molecule has 0 bridgehead atoms. The first-order valence-corrected chi connectivity index (χ1v) is 9.22. The van der Waals surface area contributed by atoms with Gasteiger partial charge in [-0.1, -0.05) is 12.1 Å². The summed E-state index contributed by atoms with van der Waals surface area (Å²) in [6.07, 6.45) is -0.180.